The molecule has 15 heavy (non-hydrogen) atoms. The minimum absolute atomic E-state index is 0.288. The Balaban J connectivity index is 2.16. The van der Waals surface area contributed by atoms with Gasteiger partial charge in [0.2, 0.25) is 0 Å². The summed E-state index contributed by atoms with van der Waals surface area (Å²) >= 11 is 0. The second-order valence-electron chi connectivity index (χ2n) is 4.64. The standard InChI is InChI=1S/C12H19N3/c1-9-6-11(13)8-15(7-9)12-5-3-4-10(2)14-12/h3-5,9,11H,6-8,13H2,1-2H3. The van der Waals surface area contributed by atoms with Gasteiger partial charge >= 0.3 is 0 Å². The van der Waals surface area contributed by atoms with E-state index < -0.39 is 0 Å². The monoisotopic (exact) mass is 205 g/mol. The average Bonchev–Trinajstić information content (AvgIpc) is 2.16. The van der Waals surface area contributed by atoms with E-state index >= 15 is 0 Å². The van der Waals surface area contributed by atoms with E-state index in [9.17, 15) is 0 Å². The Morgan fingerprint density at radius 3 is 2.87 bits per heavy atom. The number of nitrogens with two attached hydrogens (primary N) is 1. The molecule has 1 aliphatic heterocycles. The predicted molar refractivity (Wildman–Crippen MR) is 62.9 cm³/mol. The van der Waals surface area contributed by atoms with Gasteiger partial charge in [-0.1, -0.05) is 13.0 Å². The third-order valence-electron chi connectivity index (χ3n) is 2.89. The van der Waals surface area contributed by atoms with E-state index in [2.05, 4.69) is 28.9 Å². The van der Waals surface area contributed by atoms with E-state index in [1.165, 1.54) is 0 Å². The number of nitrogens with zero attached hydrogens (tertiary/aromatic N) is 2. The lowest BCUT2D eigenvalue weighted by atomic mass is 9.96. The SMILES string of the molecule is Cc1cccc(N2CC(C)CC(N)C2)n1. The Morgan fingerprint density at radius 2 is 2.20 bits per heavy atom. The lowest BCUT2D eigenvalue weighted by molar-refractivity contribution is 0.400. The summed E-state index contributed by atoms with van der Waals surface area (Å²) in [5.74, 6) is 1.73. The summed E-state index contributed by atoms with van der Waals surface area (Å²) in [6, 6.07) is 6.44. The van der Waals surface area contributed by atoms with Crippen LogP contribution < -0.4 is 10.6 Å². The number of aryl methyl sites for hydroxylation is 1. The van der Waals surface area contributed by atoms with Gasteiger partial charge in [-0.15, -0.1) is 0 Å². The molecule has 3 heteroatoms. The third-order valence-corrected chi connectivity index (χ3v) is 2.89. The zero-order chi connectivity index (χ0) is 10.8. The van der Waals surface area contributed by atoms with Gasteiger partial charge in [0.15, 0.2) is 0 Å². The Labute approximate surface area is 91.3 Å². The highest BCUT2D eigenvalue weighted by atomic mass is 15.2. The fourth-order valence-corrected chi connectivity index (χ4v) is 2.29. The van der Waals surface area contributed by atoms with Crippen molar-refractivity contribution in [3.8, 4) is 0 Å². The van der Waals surface area contributed by atoms with Crippen molar-refractivity contribution >= 4 is 5.82 Å². The second kappa shape index (κ2) is 4.19. The molecule has 3 nitrogen and oxygen atoms in total. The highest BCUT2D eigenvalue weighted by molar-refractivity contribution is 5.40. The maximum absolute atomic E-state index is 6.02. The molecule has 1 saturated heterocycles. The molecule has 2 atom stereocenters. The zero-order valence-electron chi connectivity index (χ0n) is 9.48. The van der Waals surface area contributed by atoms with Gasteiger partial charge in [-0.3, -0.25) is 0 Å². The van der Waals surface area contributed by atoms with Crippen LogP contribution in [0.1, 0.15) is 19.0 Å². The van der Waals surface area contributed by atoms with Crippen molar-refractivity contribution in [2.24, 2.45) is 11.7 Å². The first-order chi connectivity index (χ1) is 7.15. The lowest BCUT2D eigenvalue weighted by Crippen LogP contribution is -2.46. The van der Waals surface area contributed by atoms with Crippen molar-refractivity contribution in [2.75, 3.05) is 18.0 Å². The van der Waals surface area contributed by atoms with Crippen LogP contribution in [0.15, 0.2) is 18.2 Å². The Hall–Kier alpha value is -1.09. The Morgan fingerprint density at radius 1 is 1.40 bits per heavy atom. The van der Waals surface area contributed by atoms with Crippen LogP contribution in [0.5, 0.6) is 0 Å². The molecule has 0 bridgehead atoms. The molecule has 1 aromatic rings. The topological polar surface area (TPSA) is 42.1 Å². The molecular weight excluding hydrogens is 186 g/mol. The van der Waals surface area contributed by atoms with Crippen molar-refractivity contribution in [3.63, 3.8) is 0 Å². The lowest BCUT2D eigenvalue weighted by Gasteiger charge is -2.35. The largest absolute Gasteiger partial charge is 0.355 e. The normalized spacial score (nSPS) is 26.7. The van der Waals surface area contributed by atoms with Gasteiger partial charge in [0.05, 0.1) is 0 Å². The molecule has 2 unspecified atom stereocenters. The number of anilines is 1. The molecule has 1 fully saturated rings. The van der Waals surface area contributed by atoms with Crippen molar-refractivity contribution in [1.29, 1.82) is 0 Å². The zero-order valence-corrected chi connectivity index (χ0v) is 9.48. The molecule has 0 amide bonds. The summed E-state index contributed by atoms with van der Waals surface area (Å²) < 4.78 is 0. The minimum atomic E-state index is 0.288. The first kappa shape index (κ1) is 10.4. The molecule has 2 heterocycles. The molecule has 0 saturated carbocycles. The van der Waals surface area contributed by atoms with Crippen molar-refractivity contribution in [1.82, 2.24) is 4.98 Å². The third kappa shape index (κ3) is 2.48. The van der Waals surface area contributed by atoms with E-state index in [4.69, 9.17) is 5.73 Å². The average molecular weight is 205 g/mol. The molecule has 1 aromatic heterocycles. The second-order valence-corrected chi connectivity index (χ2v) is 4.64. The number of hydrogen-bond acceptors (Lipinski definition) is 3. The predicted octanol–water partition coefficient (Wildman–Crippen LogP) is 1.56. The summed E-state index contributed by atoms with van der Waals surface area (Å²) in [5, 5.41) is 0. The summed E-state index contributed by atoms with van der Waals surface area (Å²) in [4.78, 5) is 6.83. The molecule has 0 spiro atoms. The van der Waals surface area contributed by atoms with Crippen LogP contribution in [-0.2, 0) is 0 Å². The van der Waals surface area contributed by atoms with Gasteiger partial charge in [-0.2, -0.15) is 0 Å². The van der Waals surface area contributed by atoms with Crippen LogP contribution in [0.2, 0.25) is 0 Å². The number of hydrogen-bond donors (Lipinski definition) is 1. The number of piperidine rings is 1. The van der Waals surface area contributed by atoms with Crippen molar-refractivity contribution in [3.05, 3.63) is 23.9 Å². The van der Waals surface area contributed by atoms with Crippen LogP contribution in [0.25, 0.3) is 0 Å². The highest BCUT2D eigenvalue weighted by Gasteiger charge is 2.22. The molecule has 1 aliphatic rings. The quantitative estimate of drug-likeness (QED) is 0.756. The summed E-state index contributed by atoms with van der Waals surface area (Å²) in [7, 11) is 0. The molecule has 0 aliphatic carbocycles. The van der Waals surface area contributed by atoms with Gasteiger partial charge in [0.1, 0.15) is 5.82 Å². The van der Waals surface area contributed by atoms with E-state index in [0.717, 1.165) is 31.0 Å². The first-order valence-corrected chi connectivity index (χ1v) is 5.59. The Bertz CT molecular complexity index is 327. The van der Waals surface area contributed by atoms with Gasteiger partial charge < -0.3 is 10.6 Å². The van der Waals surface area contributed by atoms with E-state index in [-0.39, 0.29) is 6.04 Å². The highest BCUT2D eigenvalue weighted by Crippen LogP contribution is 2.20. The van der Waals surface area contributed by atoms with E-state index in [1.807, 2.05) is 13.0 Å². The van der Waals surface area contributed by atoms with Crippen LogP contribution in [0.4, 0.5) is 5.82 Å². The number of rotatable bonds is 1. The summed E-state index contributed by atoms with van der Waals surface area (Å²) in [6.07, 6.45) is 1.13. The van der Waals surface area contributed by atoms with Gasteiger partial charge in [-0.05, 0) is 31.4 Å². The summed E-state index contributed by atoms with van der Waals surface area (Å²) in [5.41, 5.74) is 7.09. The maximum atomic E-state index is 6.02. The minimum Gasteiger partial charge on any atom is -0.355 e. The van der Waals surface area contributed by atoms with Crippen LogP contribution >= 0.6 is 0 Å². The van der Waals surface area contributed by atoms with Crippen LogP contribution in [0.3, 0.4) is 0 Å². The number of pyridine rings is 1. The van der Waals surface area contributed by atoms with Crippen LogP contribution in [0, 0.1) is 12.8 Å². The molecule has 2 N–H and O–H groups in total. The maximum Gasteiger partial charge on any atom is 0.128 e. The van der Waals surface area contributed by atoms with Crippen molar-refractivity contribution in [2.45, 2.75) is 26.3 Å². The van der Waals surface area contributed by atoms with Gasteiger partial charge in [-0.25, -0.2) is 4.98 Å². The molecule has 2 rings (SSSR count). The van der Waals surface area contributed by atoms with Gasteiger partial charge in [0, 0.05) is 24.8 Å². The molecule has 0 aromatic carbocycles. The van der Waals surface area contributed by atoms with Gasteiger partial charge in [0.25, 0.3) is 0 Å². The van der Waals surface area contributed by atoms with E-state index in [0.29, 0.717) is 5.92 Å². The first-order valence-electron chi connectivity index (χ1n) is 5.59. The fourth-order valence-electron chi connectivity index (χ4n) is 2.29. The Kier molecular flexibility index (Phi) is 2.91. The molecular formula is C12H19N3. The fraction of sp³-hybridized carbons (Fsp3) is 0.583. The smallest absolute Gasteiger partial charge is 0.128 e. The van der Waals surface area contributed by atoms with Crippen molar-refractivity contribution < 1.29 is 0 Å². The summed E-state index contributed by atoms with van der Waals surface area (Å²) in [6.45, 7) is 6.28. The molecule has 82 valence electrons. The number of aromatic nitrogens is 1. The van der Waals surface area contributed by atoms with E-state index in [1.54, 1.807) is 0 Å². The van der Waals surface area contributed by atoms with Crippen LogP contribution in [-0.4, -0.2) is 24.1 Å². The molecule has 0 radical (unpaired) electrons.